The second-order valence-corrected chi connectivity index (χ2v) is 3.02. The van der Waals surface area contributed by atoms with Crippen LogP contribution < -0.4 is 0 Å². The Labute approximate surface area is 88.2 Å². The van der Waals surface area contributed by atoms with Gasteiger partial charge in [-0.25, -0.2) is 0 Å². The Hall–Kier alpha value is -1.68. The largest absolute Gasteiger partial charge is 0.468 e. The Morgan fingerprint density at radius 2 is 2.47 bits per heavy atom. The summed E-state index contributed by atoms with van der Waals surface area (Å²) in [7, 11) is 1.27. The first kappa shape index (κ1) is 11.4. The first-order valence-corrected chi connectivity index (χ1v) is 4.49. The summed E-state index contributed by atoms with van der Waals surface area (Å²) in [5, 5.41) is 9.87. The monoisotopic (exact) mass is 207 g/mol. The molecule has 0 saturated carbocycles. The molecule has 1 N–H and O–H groups in total. The van der Waals surface area contributed by atoms with Crippen molar-refractivity contribution in [3.8, 4) is 0 Å². The second kappa shape index (κ2) is 5.26. The van der Waals surface area contributed by atoms with E-state index >= 15 is 0 Å². The molecule has 0 aliphatic carbocycles. The smallest absolute Gasteiger partial charge is 0.315 e. The molecule has 0 amide bonds. The minimum absolute atomic E-state index is 0.513. The van der Waals surface area contributed by atoms with Crippen molar-refractivity contribution >= 4 is 5.97 Å². The van der Waals surface area contributed by atoms with Gasteiger partial charge in [-0.2, -0.15) is 0 Å². The van der Waals surface area contributed by atoms with Crippen LogP contribution in [0.25, 0.3) is 0 Å². The number of carbonyl (C=O) groups is 1. The number of nitrogens with zero attached hydrogens (tertiary/aromatic N) is 1. The molecule has 15 heavy (non-hydrogen) atoms. The van der Waals surface area contributed by atoms with Gasteiger partial charge in [0, 0.05) is 12.4 Å². The second-order valence-electron chi connectivity index (χ2n) is 3.02. The number of pyridine rings is 1. The molecule has 0 fully saturated rings. The molecule has 1 rings (SSSR count). The van der Waals surface area contributed by atoms with Gasteiger partial charge >= 0.3 is 5.97 Å². The Balaban J connectivity index is 2.87. The van der Waals surface area contributed by atoms with E-state index in [4.69, 9.17) is 0 Å². The van der Waals surface area contributed by atoms with Crippen LogP contribution in [0.3, 0.4) is 0 Å². The first-order chi connectivity index (χ1) is 7.20. The third kappa shape index (κ3) is 2.63. The third-order valence-corrected chi connectivity index (χ3v) is 2.09. The molecule has 0 unspecified atom stereocenters. The molecule has 0 bridgehead atoms. The fourth-order valence-corrected chi connectivity index (χ4v) is 1.25. The summed E-state index contributed by atoms with van der Waals surface area (Å²) in [5.41, 5.74) is 0.563. The summed E-state index contributed by atoms with van der Waals surface area (Å²) in [6, 6.07) is 3.38. The lowest BCUT2D eigenvalue weighted by Gasteiger charge is -2.17. The van der Waals surface area contributed by atoms with Crippen molar-refractivity contribution in [2.24, 2.45) is 5.92 Å². The number of aromatic nitrogens is 1. The van der Waals surface area contributed by atoms with Crippen molar-refractivity contribution in [1.29, 1.82) is 0 Å². The van der Waals surface area contributed by atoms with Crippen molar-refractivity contribution in [2.45, 2.75) is 6.10 Å². The summed E-state index contributed by atoms with van der Waals surface area (Å²) >= 11 is 0. The Bertz CT molecular complexity index is 337. The fraction of sp³-hybridized carbons (Fsp3) is 0.273. The highest BCUT2D eigenvalue weighted by atomic mass is 16.5. The zero-order chi connectivity index (χ0) is 11.3. The summed E-state index contributed by atoms with van der Waals surface area (Å²) in [6.45, 7) is 3.50. The lowest BCUT2D eigenvalue weighted by atomic mass is 9.97. The average Bonchev–Trinajstić information content (AvgIpc) is 2.30. The SMILES string of the molecule is C=C[C@H](C(=O)OC)[C@H](O)c1cccnc1. The molecule has 0 radical (unpaired) electrons. The molecule has 0 saturated heterocycles. The standard InChI is InChI=1S/C11H13NO3/c1-3-9(11(14)15-2)10(13)8-5-4-6-12-7-8/h3-7,9-10,13H,1H2,2H3/t9-,10+/m0/s1. The van der Waals surface area contributed by atoms with Crippen LogP contribution >= 0.6 is 0 Å². The van der Waals surface area contributed by atoms with E-state index in [-0.39, 0.29) is 0 Å². The van der Waals surface area contributed by atoms with Crippen LogP contribution in [0.15, 0.2) is 37.2 Å². The van der Waals surface area contributed by atoms with E-state index in [0.717, 1.165) is 0 Å². The fourth-order valence-electron chi connectivity index (χ4n) is 1.25. The molecule has 1 aromatic rings. The zero-order valence-corrected chi connectivity index (χ0v) is 8.46. The molecule has 1 aromatic heterocycles. The number of hydrogen-bond acceptors (Lipinski definition) is 4. The molecule has 2 atom stereocenters. The van der Waals surface area contributed by atoms with E-state index in [1.165, 1.54) is 19.4 Å². The van der Waals surface area contributed by atoms with Gasteiger partial charge in [-0.1, -0.05) is 12.1 Å². The van der Waals surface area contributed by atoms with Gasteiger partial charge in [-0.15, -0.1) is 6.58 Å². The van der Waals surface area contributed by atoms with Gasteiger partial charge in [0.25, 0.3) is 0 Å². The highest BCUT2D eigenvalue weighted by molar-refractivity contribution is 5.75. The molecule has 4 heteroatoms. The van der Waals surface area contributed by atoms with Crippen LogP contribution in [-0.4, -0.2) is 23.2 Å². The number of methoxy groups -OCH3 is 1. The summed E-state index contributed by atoms with van der Waals surface area (Å²) in [6.07, 6.45) is 3.49. The van der Waals surface area contributed by atoms with Crippen molar-refractivity contribution in [3.05, 3.63) is 42.7 Å². The normalized spacial score (nSPS) is 14.0. The van der Waals surface area contributed by atoms with Crippen LogP contribution in [0.1, 0.15) is 11.7 Å². The average molecular weight is 207 g/mol. The Kier molecular flexibility index (Phi) is 4.00. The predicted octanol–water partition coefficient (Wildman–Crippen LogP) is 1.09. The topological polar surface area (TPSA) is 59.4 Å². The molecule has 4 nitrogen and oxygen atoms in total. The lowest BCUT2D eigenvalue weighted by Crippen LogP contribution is -2.21. The van der Waals surface area contributed by atoms with Crippen LogP contribution in [0.4, 0.5) is 0 Å². The van der Waals surface area contributed by atoms with Crippen LogP contribution in [0, 0.1) is 5.92 Å². The maximum atomic E-state index is 11.3. The van der Waals surface area contributed by atoms with E-state index in [2.05, 4.69) is 16.3 Å². The number of ether oxygens (including phenoxy) is 1. The van der Waals surface area contributed by atoms with E-state index in [1.54, 1.807) is 18.3 Å². The van der Waals surface area contributed by atoms with Crippen molar-refractivity contribution < 1.29 is 14.6 Å². The zero-order valence-electron chi connectivity index (χ0n) is 8.46. The molecule has 80 valence electrons. The maximum absolute atomic E-state index is 11.3. The van der Waals surface area contributed by atoms with Gasteiger partial charge in [-0.05, 0) is 11.6 Å². The molecule has 0 aliphatic heterocycles. The number of aliphatic hydroxyl groups excluding tert-OH is 1. The van der Waals surface area contributed by atoms with Gasteiger partial charge < -0.3 is 9.84 Å². The van der Waals surface area contributed by atoms with Crippen molar-refractivity contribution in [3.63, 3.8) is 0 Å². The number of carbonyl (C=O) groups excluding carboxylic acids is 1. The quantitative estimate of drug-likeness (QED) is 0.593. The highest BCUT2D eigenvalue weighted by Gasteiger charge is 2.25. The lowest BCUT2D eigenvalue weighted by molar-refractivity contribution is -0.147. The van der Waals surface area contributed by atoms with Gasteiger partial charge in [0.15, 0.2) is 0 Å². The van der Waals surface area contributed by atoms with Gasteiger partial charge in [-0.3, -0.25) is 9.78 Å². The van der Waals surface area contributed by atoms with Crippen LogP contribution in [-0.2, 0) is 9.53 Å². The molecule has 0 spiro atoms. The third-order valence-electron chi connectivity index (χ3n) is 2.09. The summed E-state index contributed by atoms with van der Waals surface area (Å²) < 4.78 is 4.56. The first-order valence-electron chi connectivity index (χ1n) is 4.49. The maximum Gasteiger partial charge on any atom is 0.315 e. The van der Waals surface area contributed by atoms with E-state index in [0.29, 0.717) is 5.56 Å². The molecular formula is C11H13NO3. The van der Waals surface area contributed by atoms with E-state index < -0.39 is 18.0 Å². The van der Waals surface area contributed by atoms with Gasteiger partial charge in [0.2, 0.25) is 0 Å². The van der Waals surface area contributed by atoms with Gasteiger partial charge in [0.05, 0.1) is 13.2 Å². The number of hydrogen-bond donors (Lipinski definition) is 1. The van der Waals surface area contributed by atoms with E-state index in [1.807, 2.05) is 0 Å². The summed E-state index contributed by atoms with van der Waals surface area (Å²) in [5.74, 6) is -1.28. The summed E-state index contributed by atoms with van der Waals surface area (Å²) in [4.78, 5) is 15.1. The van der Waals surface area contributed by atoms with Crippen molar-refractivity contribution in [1.82, 2.24) is 4.98 Å². The molecule has 1 heterocycles. The van der Waals surface area contributed by atoms with Crippen LogP contribution in [0.2, 0.25) is 0 Å². The Morgan fingerprint density at radius 1 is 1.73 bits per heavy atom. The molecule has 0 aromatic carbocycles. The molecular weight excluding hydrogens is 194 g/mol. The Morgan fingerprint density at radius 3 is 2.93 bits per heavy atom. The van der Waals surface area contributed by atoms with Gasteiger partial charge in [0.1, 0.15) is 5.92 Å². The van der Waals surface area contributed by atoms with E-state index in [9.17, 15) is 9.90 Å². The number of esters is 1. The molecule has 0 aliphatic rings. The predicted molar refractivity (Wildman–Crippen MR) is 54.9 cm³/mol. The number of rotatable bonds is 4. The van der Waals surface area contributed by atoms with Crippen LogP contribution in [0.5, 0.6) is 0 Å². The number of aliphatic hydroxyl groups is 1. The minimum Gasteiger partial charge on any atom is -0.468 e. The minimum atomic E-state index is -0.969. The highest BCUT2D eigenvalue weighted by Crippen LogP contribution is 2.22. The van der Waals surface area contributed by atoms with Crippen molar-refractivity contribution in [2.75, 3.05) is 7.11 Å².